The number of nitrogens with one attached hydrogen (secondary N) is 1. The molecule has 0 spiro atoms. The van der Waals surface area contributed by atoms with Crippen molar-refractivity contribution in [3.8, 4) is 5.75 Å². The van der Waals surface area contributed by atoms with Gasteiger partial charge >= 0.3 is 6.36 Å². The van der Waals surface area contributed by atoms with E-state index in [9.17, 15) is 26.7 Å². The van der Waals surface area contributed by atoms with Crippen LogP contribution in [0.5, 0.6) is 5.75 Å². The number of hydrogen-bond acceptors (Lipinski definition) is 2. The van der Waals surface area contributed by atoms with E-state index in [4.69, 9.17) is 0 Å². The van der Waals surface area contributed by atoms with Crippen LogP contribution in [0.1, 0.15) is 12.0 Å². The third kappa shape index (κ3) is 2.94. The molecule has 1 aromatic heterocycles. The van der Waals surface area contributed by atoms with Gasteiger partial charge in [-0.2, -0.15) is 0 Å². The molecule has 0 aliphatic heterocycles. The number of halogens is 6. The summed E-state index contributed by atoms with van der Waals surface area (Å²) in [5.41, 5.74) is -2.05. The van der Waals surface area contributed by atoms with E-state index in [-0.39, 0.29) is 0 Å². The van der Waals surface area contributed by atoms with Crippen molar-refractivity contribution in [1.29, 1.82) is 0 Å². The number of hydrogen-bond donors (Lipinski definition) is 1. The monoisotopic (exact) mass is 307 g/mol. The molecule has 0 radical (unpaired) electrons. The number of pyridine rings is 1. The maximum Gasteiger partial charge on any atom is 0.573 e. The van der Waals surface area contributed by atoms with Gasteiger partial charge in [-0.15, -0.1) is 13.2 Å². The molecule has 0 saturated carbocycles. The Morgan fingerprint density at radius 1 is 1.38 bits per heavy atom. The van der Waals surface area contributed by atoms with Crippen LogP contribution < -0.4 is 10.3 Å². The zero-order valence-electron chi connectivity index (χ0n) is 7.24. The lowest BCUT2D eigenvalue weighted by atomic mass is 10.3. The Bertz CT molecular complexity index is 441. The molecular formula is C7H3BrF5NO2. The Labute approximate surface area is 93.4 Å². The first kappa shape index (κ1) is 12.9. The van der Waals surface area contributed by atoms with Crippen molar-refractivity contribution < 1.29 is 26.7 Å². The highest BCUT2D eigenvalue weighted by molar-refractivity contribution is 9.10. The molecule has 1 aromatic rings. The molecule has 0 amide bonds. The zero-order valence-corrected chi connectivity index (χ0v) is 8.82. The van der Waals surface area contributed by atoms with Gasteiger partial charge in [0.2, 0.25) is 5.75 Å². The number of rotatable bonds is 2. The van der Waals surface area contributed by atoms with E-state index in [1.54, 1.807) is 4.98 Å². The van der Waals surface area contributed by atoms with Gasteiger partial charge in [0.05, 0.1) is 10.0 Å². The van der Waals surface area contributed by atoms with E-state index >= 15 is 0 Å². The fraction of sp³-hybridized carbons (Fsp3) is 0.286. The fourth-order valence-electron chi connectivity index (χ4n) is 0.869. The molecule has 0 atom stereocenters. The molecule has 0 unspecified atom stereocenters. The molecule has 0 aliphatic carbocycles. The van der Waals surface area contributed by atoms with Gasteiger partial charge in [0, 0.05) is 6.20 Å². The Balaban J connectivity index is 3.27. The average molecular weight is 308 g/mol. The van der Waals surface area contributed by atoms with Crippen molar-refractivity contribution in [2.24, 2.45) is 0 Å². The van der Waals surface area contributed by atoms with Crippen LogP contribution in [0.4, 0.5) is 22.0 Å². The highest BCUT2D eigenvalue weighted by Crippen LogP contribution is 2.33. The van der Waals surface area contributed by atoms with Gasteiger partial charge in [0.1, 0.15) is 0 Å². The Morgan fingerprint density at radius 2 is 1.94 bits per heavy atom. The number of alkyl halides is 5. The summed E-state index contributed by atoms with van der Waals surface area (Å²) in [5.74, 6) is -1.25. The summed E-state index contributed by atoms with van der Waals surface area (Å²) < 4.78 is 62.7. The van der Waals surface area contributed by atoms with Crippen molar-refractivity contribution in [2.45, 2.75) is 12.8 Å². The van der Waals surface area contributed by atoms with Gasteiger partial charge in [-0.1, -0.05) is 0 Å². The quantitative estimate of drug-likeness (QED) is 0.854. The average Bonchev–Trinajstić information content (AvgIpc) is 2.10. The minimum atomic E-state index is -5.13. The van der Waals surface area contributed by atoms with Crippen molar-refractivity contribution in [1.82, 2.24) is 4.98 Å². The third-order valence-electron chi connectivity index (χ3n) is 1.47. The summed E-state index contributed by atoms with van der Waals surface area (Å²) in [5, 5.41) is 0. The molecule has 3 nitrogen and oxygen atoms in total. The molecule has 90 valence electrons. The predicted molar refractivity (Wildman–Crippen MR) is 46.4 cm³/mol. The number of aromatic nitrogens is 1. The van der Waals surface area contributed by atoms with Crippen molar-refractivity contribution in [2.75, 3.05) is 0 Å². The highest BCUT2D eigenvalue weighted by Gasteiger charge is 2.34. The molecule has 0 aromatic carbocycles. The van der Waals surface area contributed by atoms with Crippen molar-refractivity contribution >= 4 is 15.9 Å². The Hall–Kier alpha value is -1.12. The first-order valence-electron chi connectivity index (χ1n) is 3.67. The summed E-state index contributed by atoms with van der Waals surface area (Å²) in [6, 6.07) is 0. The minimum absolute atomic E-state index is 0.611. The fourth-order valence-corrected chi connectivity index (χ4v) is 1.42. The van der Waals surface area contributed by atoms with Crippen LogP contribution in [0.25, 0.3) is 0 Å². The smallest absolute Gasteiger partial charge is 0.399 e. The normalized spacial score (nSPS) is 11.9. The molecule has 0 fully saturated rings. The minimum Gasteiger partial charge on any atom is -0.399 e. The lowest BCUT2D eigenvalue weighted by Crippen LogP contribution is -2.23. The van der Waals surface area contributed by atoms with Crippen LogP contribution in [0, 0.1) is 0 Å². The molecule has 16 heavy (non-hydrogen) atoms. The Kier molecular flexibility index (Phi) is 3.56. The second-order valence-electron chi connectivity index (χ2n) is 2.56. The maximum atomic E-state index is 12.3. The van der Waals surface area contributed by atoms with E-state index in [0.29, 0.717) is 6.20 Å². The lowest BCUT2D eigenvalue weighted by Gasteiger charge is -2.11. The zero-order chi connectivity index (χ0) is 12.5. The van der Waals surface area contributed by atoms with E-state index in [2.05, 4.69) is 20.7 Å². The molecule has 0 saturated heterocycles. The van der Waals surface area contributed by atoms with Gasteiger partial charge in [0.25, 0.3) is 12.0 Å². The first-order valence-corrected chi connectivity index (χ1v) is 4.46. The van der Waals surface area contributed by atoms with Crippen molar-refractivity contribution in [3.63, 3.8) is 0 Å². The van der Waals surface area contributed by atoms with Crippen LogP contribution in [-0.2, 0) is 0 Å². The summed E-state index contributed by atoms with van der Waals surface area (Å²) in [7, 11) is 0. The SMILES string of the molecule is O=c1[nH]cc(C(F)F)c(Br)c1OC(F)(F)F. The Morgan fingerprint density at radius 3 is 2.38 bits per heavy atom. The molecule has 1 heterocycles. The maximum absolute atomic E-state index is 12.3. The molecule has 1 rings (SSSR count). The molecule has 0 aliphatic rings. The lowest BCUT2D eigenvalue weighted by molar-refractivity contribution is -0.275. The van der Waals surface area contributed by atoms with Crippen LogP contribution in [-0.4, -0.2) is 11.3 Å². The van der Waals surface area contributed by atoms with Crippen LogP contribution >= 0.6 is 15.9 Å². The van der Waals surface area contributed by atoms with Gasteiger partial charge in [-0.3, -0.25) is 4.79 Å². The van der Waals surface area contributed by atoms with Crippen molar-refractivity contribution in [3.05, 3.63) is 26.6 Å². The highest BCUT2D eigenvalue weighted by atomic mass is 79.9. The molecule has 1 N–H and O–H groups in total. The van der Waals surface area contributed by atoms with Gasteiger partial charge in [0.15, 0.2) is 0 Å². The van der Waals surface area contributed by atoms with Gasteiger partial charge in [-0.05, 0) is 15.9 Å². The topological polar surface area (TPSA) is 42.1 Å². The summed E-state index contributed by atoms with van der Waals surface area (Å²) in [6.45, 7) is 0. The van der Waals surface area contributed by atoms with Crippen LogP contribution in [0.3, 0.4) is 0 Å². The van der Waals surface area contributed by atoms with Gasteiger partial charge < -0.3 is 9.72 Å². The first-order chi connectivity index (χ1) is 7.22. The number of ether oxygens (including phenoxy) is 1. The largest absolute Gasteiger partial charge is 0.573 e. The van der Waals surface area contributed by atoms with Gasteiger partial charge in [-0.25, -0.2) is 8.78 Å². The number of aromatic amines is 1. The van der Waals surface area contributed by atoms with E-state index < -0.39 is 34.1 Å². The summed E-state index contributed by atoms with van der Waals surface area (Å²) in [4.78, 5) is 12.7. The third-order valence-corrected chi connectivity index (χ3v) is 2.29. The standard InChI is InChI=1S/C7H3BrF5NO2/c8-3-2(5(9)10)1-14-6(15)4(3)16-7(11,12)13/h1,5H,(H,14,15). The molecular weight excluding hydrogens is 305 g/mol. The predicted octanol–water partition coefficient (Wildman–Crippen LogP) is 2.97. The summed E-state index contributed by atoms with van der Waals surface area (Å²) >= 11 is 2.46. The van der Waals surface area contributed by atoms with Crippen LogP contribution in [0.2, 0.25) is 0 Å². The van der Waals surface area contributed by atoms with E-state index in [0.717, 1.165) is 0 Å². The molecule has 9 heteroatoms. The second-order valence-corrected chi connectivity index (χ2v) is 3.36. The number of H-pyrrole nitrogens is 1. The molecule has 0 bridgehead atoms. The van der Waals surface area contributed by atoms with Crippen LogP contribution in [0.15, 0.2) is 15.5 Å². The van der Waals surface area contributed by atoms with E-state index in [1.807, 2.05) is 0 Å². The summed E-state index contributed by atoms with van der Waals surface area (Å²) in [6.07, 6.45) is -7.56. The van der Waals surface area contributed by atoms with E-state index in [1.165, 1.54) is 0 Å². The second kappa shape index (κ2) is 4.40.